The quantitative estimate of drug-likeness (QED) is 0.939. The minimum atomic E-state index is -1.19. The molecule has 0 radical (unpaired) electrons. The first-order chi connectivity index (χ1) is 9.92. The Balaban J connectivity index is 3.00. The predicted molar refractivity (Wildman–Crippen MR) is 81.5 cm³/mol. The normalized spacial score (nSPS) is 12.4. The molecule has 0 aliphatic rings. The standard InChI is InChI=1S/C16H19NO4/c1-5-9(2)17-10(3)14(16(19)20)15(18)12-7-6-11(21-4)8-13(12)17/h6-9H,5H2,1-4H3,(H,19,20). The molecule has 1 unspecified atom stereocenters. The van der Waals surface area contributed by atoms with Crippen molar-refractivity contribution in [1.82, 2.24) is 4.57 Å². The monoisotopic (exact) mass is 289 g/mol. The van der Waals surface area contributed by atoms with Crippen LogP contribution in [0, 0.1) is 6.92 Å². The highest BCUT2D eigenvalue weighted by Gasteiger charge is 2.21. The molecule has 1 aromatic carbocycles. The number of carboxylic acids is 1. The second kappa shape index (κ2) is 5.60. The van der Waals surface area contributed by atoms with E-state index in [0.717, 1.165) is 6.42 Å². The number of carbonyl (C=O) groups is 1. The summed E-state index contributed by atoms with van der Waals surface area (Å²) in [5, 5.41) is 9.75. The first-order valence-electron chi connectivity index (χ1n) is 6.88. The number of ether oxygens (including phenoxy) is 1. The van der Waals surface area contributed by atoms with E-state index in [1.54, 1.807) is 32.2 Å². The Labute approximate surface area is 122 Å². The van der Waals surface area contributed by atoms with Gasteiger partial charge in [0.1, 0.15) is 11.3 Å². The SMILES string of the molecule is CCC(C)n1c(C)c(C(=O)O)c(=O)c2ccc(OC)cc21. The molecule has 0 spiro atoms. The molecule has 2 aromatic rings. The van der Waals surface area contributed by atoms with Gasteiger partial charge in [0.05, 0.1) is 12.6 Å². The fourth-order valence-corrected chi connectivity index (χ4v) is 2.63. The van der Waals surface area contributed by atoms with Gasteiger partial charge in [0.15, 0.2) is 0 Å². The maximum atomic E-state index is 12.4. The molecule has 21 heavy (non-hydrogen) atoms. The van der Waals surface area contributed by atoms with Crippen LogP contribution < -0.4 is 10.2 Å². The van der Waals surface area contributed by atoms with E-state index in [4.69, 9.17) is 4.74 Å². The van der Waals surface area contributed by atoms with Crippen molar-refractivity contribution in [3.8, 4) is 5.75 Å². The van der Waals surface area contributed by atoms with Crippen molar-refractivity contribution >= 4 is 16.9 Å². The van der Waals surface area contributed by atoms with E-state index in [2.05, 4.69) is 0 Å². The number of pyridine rings is 1. The number of methoxy groups -OCH3 is 1. The lowest BCUT2D eigenvalue weighted by atomic mass is 10.1. The molecule has 0 fully saturated rings. The number of aromatic carboxylic acids is 1. The van der Waals surface area contributed by atoms with E-state index in [1.165, 1.54) is 0 Å². The van der Waals surface area contributed by atoms with E-state index in [1.807, 2.05) is 18.4 Å². The highest BCUT2D eigenvalue weighted by atomic mass is 16.5. The molecule has 0 amide bonds. The van der Waals surface area contributed by atoms with Crippen LogP contribution >= 0.6 is 0 Å². The Morgan fingerprint density at radius 1 is 1.43 bits per heavy atom. The minimum Gasteiger partial charge on any atom is -0.497 e. The van der Waals surface area contributed by atoms with E-state index in [9.17, 15) is 14.7 Å². The van der Waals surface area contributed by atoms with Crippen molar-refractivity contribution in [2.45, 2.75) is 33.2 Å². The number of rotatable bonds is 4. The van der Waals surface area contributed by atoms with Crippen molar-refractivity contribution in [2.75, 3.05) is 7.11 Å². The maximum absolute atomic E-state index is 12.4. The number of aromatic nitrogens is 1. The van der Waals surface area contributed by atoms with Crippen LogP contribution in [-0.4, -0.2) is 22.8 Å². The molecule has 0 bridgehead atoms. The van der Waals surface area contributed by atoms with Gasteiger partial charge in [-0.15, -0.1) is 0 Å². The van der Waals surface area contributed by atoms with Gasteiger partial charge >= 0.3 is 5.97 Å². The highest BCUT2D eigenvalue weighted by molar-refractivity contribution is 5.94. The van der Waals surface area contributed by atoms with Gasteiger partial charge in [-0.2, -0.15) is 0 Å². The van der Waals surface area contributed by atoms with Crippen molar-refractivity contribution in [3.63, 3.8) is 0 Å². The van der Waals surface area contributed by atoms with Crippen LogP contribution in [0.5, 0.6) is 5.75 Å². The second-order valence-corrected chi connectivity index (χ2v) is 5.11. The lowest BCUT2D eigenvalue weighted by Crippen LogP contribution is -2.24. The van der Waals surface area contributed by atoms with Crippen LogP contribution in [0.4, 0.5) is 0 Å². The number of carboxylic acid groups (broad SMARTS) is 1. The Morgan fingerprint density at radius 3 is 2.62 bits per heavy atom. The van der Waals surface area contributed by atoms with Crippen LogP contribution in [0.3, 0.4) is 0 Å². The van der Waals surface area contributed by atoms with E-state index in [0.29, 0.717) is 22.3 Å². The van der Waals surface area contributed by atoms with E-state index >= 15 is 0 Å². The third kappa shape index (κ3) is 2.39. The zero-order chi connectivity index (χ0) is 15.7. The largest absolute Gasteiger partial charge is 0.497 e. The highest BCUT2D eigenvalue weighted by Crippen LogP contribution is 2.26. The molecule has 2 rings (SSSR count). The van der Waals surface area contributed by atoms with Gasteiger partial charge in [-0.3, -0.25) is 4.79 Å². The maximum Gasteiger partial charge on any atom is 0.341 e. The smallest absolute Gasteiger partial charge is 0.341 e. The van der Waals surface area contributed by atoms with E-state index in [-0.39, 0.29) is 11.6 Å². The van der Waals surface area contributed by atoms with Gasteiger partial charge in [-0.1, -0.05) is 6.92 Å². The van der Waals surface area contributed by atoms with Crippen LogP contribution in [0.15, 0.2) is 23.0 Å². The number of fused-ring (bicyclic) bond motifs is 1. The molecule has 0 saturated heterocycles. The molecule has 5 nitrogen and oxygen atoms in total. The van der Waals surface area contributed by atoms with E-state index < -0.39 is 11.4 Å². The zero-order valence-electron chi connectivity index (χ0n) is 12.6. The summed E-state index contributed by atoms with van der Waals surface area (Å²) in [7, 11) is 1.56. The summed E-state index contributed by atoms with van der Waals surface area (Å²) in [6.07, 6.45) is 0.828. The van der Waals surface area contributed by atoms with Gasteiger partial charge in [0.25, 0.3) is 0 Å². The number of hydrogen-bond acceptors (Lipinski definition) is 3. The Hall–Kier alpha value is -2.30. The van der Waals surface area contributed by atoms with Gasteiger partial charge in [0, 0.05) is 23.2 Å². The average molecular weight is 289 g/mol. The molecule has 1 N–H and O–H groups in total. The molecule has 1 heterocycles. The lowest BCUT2D eigenvalue weighted by Gasteiger charge is -2.22. The lowest BCUT2D eigenvalue weighted by molar-refractivity contribution is 0.0693. The fraction of sp³-hybridized carbons (Fsp3) is 0.375. The molecule has 5 heteroatoms. The molecule has 0 saturated carbocycles. The number of benzene rings is 1. The van der Waals surface area contributed by atoms with Gasteiger partial charge in [0.2, 0.25) is 5.43 Å². The molecule has 1 aromatic heterocycles. The molecule has 0 aliphatic heterocycles. The molecule has 1 atom stereocenters. The Bertz CT molecular complexity index is 761. The summed E-state index contributed by atoms with van der Waals surface area (Å²) in [6, 6.07) is 5.16. The first-order valence-corrected chi connectivity index (χ1v) is 6.88. The fourth-order valence-electron chi connectivity index (χ4n) is 2.63. The summed E-state index contributed by atoms with van der Waals surface area (Å²) < 4.78 is 7.12. The van der Waals surface area contributed by atoms with Crippen molar-refractivity contribution in [2.24, 2.45) is 0 Å². The second-order valence-electron chi connectivity index (χ2n) is 5.11. The third-order valence-electron chi connectivity index (χ3n) is 3.90. The average Bonchev–Trinajstić information content (AvgIpc) is 2.46. The van der Waals surface area contributed by atoms with Crippen LogP contribution in [-0.2, 0) is 0 Å². The van der Waals surface area contributed by atoms with Crippen molar-refractivity contribution in [1.29, 1.82) is 0 Å². The first kappa shape index (κ1) is 15.1. The molecular formula is C16H19NO4. The van der Waals surface area contributed by atoms with Gasteiger partial charge < -0.3 is 14.4 Å². The minimum absolute atomic E-state index is 0.0818. The van der Waals surface area contributed by atoms with Crippen molar-refractivity contribution < 1.29 is 14.6 Å². The van der Waals surface area contributed by atoms with Gasteiger partial charge in [-0.25, -0.2) is 4.79 Å². The topological polar surface area (TPSA) is 68.5 Å². The third-order valence-corrected chi connectivity index (χ3v) is 3.90. The van der Waals surface area contributed by atoms with Crippen LogP contribution in [0.1, 0.15) is 42.4 Å². The number of nitrogens with zero attached hydrogens (tertiary/aromatic N) is 1. The summed E-state index contributed by atoms with van der Waals surface area (Å²) in [5.74, 6) is -0.548. The molecular weight excluding hydrogens is 270 g/mol. The number of hydrogen-bond donors (Lipinski definition) is 1. The summed E-state index contributed by atoms with van der Waals surface area (Å²) in [4.78, 5) is 23.9. The predicted octanol–water partition coefficient (Wildman–Crippen LogP) is 2.99. The van der Waals surface area contributed by atoms with Crippen molar-refractivity contribution in [3.05, 3.63) is 39.7 Å². The summed E-state index contributed by atoms with van der Waals surface area (Å²) in [5.41, 5.74) is 0.573. The summed E-state index contributed by atoms with van der Waals surface area (Å²) in [6.45, 7) is 5.70. The Morgan fingerprint density at radius 2 is 2.10 bits per heavy atom. The Kier molecular flexibility index (Phi) is 4.02. The molecule has 112 valence electrons. The van der Waals surface area contributed by atoms with Crippen LogP contribution in [0.25, 0.3) is 10.9 Å². The van der Waals surface area contributed by atoms with Crippen LogP contribution in [0.2, 0.25) is 0 Å². The molecule has 0 aliphatic carbocycles. The zero-order valence-corrected chi connectivity index (χ0v) is 12.6. The summed E-state index contributed by atoms with van der Waals surface area (Å²) >= 11 is 0. The van der Waals surface area contributed by atoms with Gasteiger partial charge in [-0.05, 0) is 32.4 Å².